The van der Waals surface area contributed by atoms with Gasteiger partial charge in [0.05, 0.1) is 13.7 Å². The Hall–Kier alpha value is -1.33. The zero-order valence-corrected chi connectivity index (χ0v) is 6.73. The fraction of sp³-hybridized carbons (Fsp3) is 0.833. The van der Waals surface area contributed by atoms with E-state index >= 15 is 0 Å². The van der Waals surface area contributed by atoms with Crippen molar-refractivity contribution in [2.75, 3.05) is 13.7 Å². The first-order valence-electron chi connectivity index (χ1n) is 3.65. The molecule has 6 heteroatoms. The highest BCUT2D eigenvalue weighted by atomic mass is 16.7. The lowest BCUT2D eigenvalue weighted by molar-refractivity contribution is -0.656. The van der Waals surface area contributed by atoms with Gasteiger partial charge in [-0.1, -0.05) is 0 Å². The SMILES string of the molecule is COC(=O)[C@@H]1CCCN1[N+](=O)[O-]. The zero-order valence-electron chi connectivity index (χ0n) is 6.73. The lowest BCUT2D eigenvalue weighted by atomic mass is 10.2. The quantitative estimate of drug-likeness (QED) is 0.329. The Bertz CT molecular complexity index is 206. The Kier molecular flexibility index (Phi) is 2.47. The molecule has 0 unspecified atom stereocenters. The molecular formula is C6H10N2O4. The van der Waals surface area contributed by atoms with E-state index in [-0.39, 0.29) is 0 Å². The number of rotatable bonds is 2. The molecule has 12 heavy (non-hydrogen) atoms. The number of carbonyl (C=O) groups excluding carboxylic acids is 1. The second kappa shape index (κ2) is 3.38. The Morgan fingerprint density at radius 1 is 1.75 bits per heavy atom. The Labute approximate surface area is 69.2 Å². The number of ether oxygens (including phenoxy) is 1. The van der Waals surface area contributed by atoms with Crippen molar-refractivity contribution >= 4 is 5.97 Å². The van der Waals surface area contributed by atoms with Crippen molar-refractivity contribution in [2.45, 2.75) is 18.9 Å². The van der Waals surface area contributed by atoms with Gasteiger partial charge in [0.25, 0.3) is 0 Å². The minimum Gasteiger partial charge on any atom is -0.467 e. The van der Waals surface area contributed by atoms with Gasteiger partial charge < -0.3 is 4.74 Å². The summed E-state index contributed by atoms with van der Waals surface area (Å²) in [7, 11) is 1.23. The smallest absolute Gasteiger partial charge is 0.334 e. The fourth-order valence-electron chi connectivity index (χ4n) is 1.32. The van der Waals surface area contributed by atoms with E-state index in [2.05, 4.69) is 4.74 Å². The van der Waals surface area contributed by atoms with E-state index in [9.17, 15) is 14.9 Å². The number of nitrogens with zero attached hydrogens (tertiary/aromatic N) is 2. The van der Waals surface area contributed by atoms with Gasteiger partial charge >= 0.3 is 5.97 Å². The molecule has 1 saturated heterocycles. The molecule has 0 aromatic heterocycles. The normalized spacial score (nSPS) is 22.4. The van der Waals surface area contributed by atoms with Gasteiger partial charge in [-0.25, -0.2) is 14.9 Å². The number of esters is 1. The van der Waals surface area contributed by atoms with E-state index in [1.165, 1.54) is 7.11 Å². The van der Waals surface area contributed by atoms with Gasteiger partial charge in [-0.2, -0.15) is 0 Å². The number of nitro groups is 1. The van der Waals surface area contributed by atoms with Crippen LogP contribution in [-0.4, -0.2) is 35.7 Å². The third kappa shape index (κ3) is 1.46. The van der Waals surface area contributed by atoms with Gasteiger partial charge in [-0.05, 0) is 12.8 Å². The summed E-state index contributed by atoms with van der Waals surface area (Å²) in [4.78, 5) is 21.3. The third-order valence-corrected chi connectivity index (χ3v) is 1.91. The summed E-state index contributed by atoms with van der Waals surface area (Å²) in [5, 5.41) is 10.7. The van der Waals surface area contributed by atoms with E-state index < -0.39 is 17.0 Å². The summed E-state index contributed by atoms with van der Waals surface area (Å²) in [5.41, 5.74) is 0. The van der Waals surface area contributed by atoms with Crippen molar-refractivity contribution in [1.82, 2.24) is 5.01 Å². The largest absolute Gasteiger partial charge is 0.467 e. The molecular weight excluding hydrogens is 164 g/mol. The Morgan fingerprint density at radius 3 is 2.92 bits per heavy atom. The molecule has 1 fully saturated rings. The van der Waals surface area contributed by atoms with E-state index in [4.69, 9.17) is 0 Å². The molecule has 1 aliphatic heterocycles. The molecule has 0 N–H and O–H groups in total. The van der Waals surface area contributed by atoms with Crippen molar-refractivity contribution in [2.24, 2.45) is 0 Å². The number of hydrogen-bond acceptors (Lipinski definition) is 4. The van der Waals surface area contributed by atoms with Crippen LogP contribution in [0.1, 0.15) is 12.8 Å². The van der Waals surface area contributed by atoms with Gasteiger partial charge in [0, 0.05) is 0 Å². The summed E-state index contributed by atoms with van der Waals surface area (Å²) in [5.74, 6) is -0.524. The summed E-state index contributed by atoms with van der Waals surface area (Å²) < 4.78 is 4.43. The van der Waals surface area contributed by atoms with Crippen LogP contribution in [0.2, 0.25) is 0 Å². The fourth-order valence-corrected chi connectivity index (χ4v) is 1.32. The van der Waals surface area contributed by atoms with Crippen LogP contribution in [0.15, 0.2) is 0 Å². The highest BCUT2D eigenvalue weighted by Gasteiger charge is 2.38. The van der Waals surface area contributed by atoms with Crippen LogP contribution in [0.3, 0.4) is 0 Å². The standard InChI is InChI=1S/C6H10N2O4/c1-12-6(9)5-3-2-4-7(5)8(10)11/h5H,2-4H2,1H3/t5-/m0/s1. The predicted molar refractivity (Wildman–Crippen MR) is 38.7 cm³/mol. The minimum absolute atomic E-state index is 0.326. The molecule has 0 aliphatic carbocycles. The highest BCUT2D eigenvalue weighted by molar-refractivity contribution is 5.75. The Morgan fingerprint density at radius 2 is 2.42 bits per heavy atom. The van der Waals surface area contributed by atoms with Crippen LogP contribution < -0.4 is 0 Å². The van der Waals surface area contributed by atoms with Crippen LogP contribution in [-0.2, 0) is 9.53 Å². The van der Waals surface area contributed by atoms with Gasteiger partial charge in [-0.3, -0.25) is 0 Å². The maximum atomic E-state index is 11.0. The van der Waals surface area contributed by atoms with Crippen LogP contribution in [0, 0.1) is 10.1 Å². The third-order valence-electron chi connectivity index (χ3n) is 1.91. The minimum atomic E-state index is -0.690. The monoisotopic (exact) mass is 174 g/mol. The average molecular weight is 174 g/mol. The van der Waals surface area contributed by atoms with E-state index in [1.54, 1.807) is 0 Å². The maximum absolute atomic E-state index is 11.0. The molecule has 0 spiro atoms. The first kappa shape index (κ1) is 8.76. The molecule has 0 saturated carbocycles. The van der Waals surface area contributed by atoms with Crippen molar-refractivity contribution in [3.8, 4) is 0 Å². The molecule has 6 nitrogen and oxygen atoms in total. The zero-order chi connectivity index (χ0) is 9.14. The van der Waals surface area contributed by atoms with Gasteiger partial charge in [0.2, 0.25) is 0 Å². The summed E-state index contributed by atoms with van der Waals surface area (Å²) in [6.07, 6.45) is 1.18. The number of methoxy groups -OCH3 is 1. The number of carbonyl (C=O) groups is 1. The van der Waals surface area contributed by atoms with E-state index in [0.29, 0.717) is 19.4 Å². The molecule has 0 bridgehead atoms. The van der Waals surface area contributed by atoms with E-state index in [0.717, 1.165) is 5.01 Å². The molecule has 0 amide bonds. The second-order valence-corrected chi connectivity index (χ2v) is 2.58. The van der Waals surface area contributed by atoms with Crippen LogP contribution >= 0.6 is 0 Å². The first-order chi connectivity index (χ1) is 5.66. The van der Waals surface area contributed by atoms with Crippen molar-refractivity contribution in [3.63, 3.8) is 0 Å². The maximum Gasteiger partial charge on any atom is 0.334 e. The molecule has 0 aromatic carbocycles. The summed E-state index contributed by atoms with van der Waals surface area (Å²) in [6.45, 7) is 0.326. The van der Waals surface area contributed by atoms with Crippen molar-refractivity contribution < 1.29 is 14.6 Å². The van der Waals surface area contributed by atoms with Crippen LogP contribution in [0.25, 0.3) is 0 Å². The van der Waals surface area contributed by atoms with Crippen molar-refractivity contribution in [1.29, 1.82) is 0 Å². The predicted octanol–water partition coefficient (Wildman–Crippen LogP) is -0.184. The Balaban J connectivity index is 2.63. The van der Waals surface area contributed by atoms with Crippen LogP contribution in [0.4, 0.5) is 0 Å². The average Bonchev–Trinajstić information content (AvgIpc) is 2.50. The summed E-state index contributed by atoms with van der Waals surface area (Å²) in [6, 6.07) is -0.690. The van der Waals surface area contributed by atoms with Crippen LogP contribution in [0.5, 0.6) is 0 Å². The topological polar surface area (TPSA) is 72.7 Å². The molecule has 0 aromatic rings. The van der Waals surface area contributed by atoms with Gasteiger partial charge in [-0.15, -0.1) is 5.01 Å². The van der Waals surface area contributed by atoms with Crippen molar-refractivity contribution in [3.05, 3.63) is 10.1 Å². The first-order valence-corrected chi connectivity index (χ1v) is 3.65. The second-order valence-electron chi connectivity index (χ2n) is 2.58. The lowest BCUT2D eigenvalue weighted by Gasteiger charge is -2.13. The molecule has 1 heterocycles. The molecule has 68 valence electrons. The summed E-state index contributed by atoms with van der Waals surface area (Å²) >= 11 is 0. The highest BCUT2D eigenvalue weighted by Crippen LogP contribution is 2.17. The van der Waals surface area contributed by atoms with Gasteiger partial charge in [0.15, 0.2) is 11.1 Å². The number of hydrazine groups is 1. The molecule has 1 rings (SSSR count). The molecule has 1 atom stereocenters. The lowest BCUT2D eigenvalue weighted by Crippen LogP contribution is -2.40. The van der Waals surface area contributed by atoms with E-state index in [1.807, 2.05) is 0 Å². The molecule has 0 radical (unpaired) electrons. The van der Waals surface area contributed by atoms with Gasteiger partial charge in [0.1, 0.15) is 0 Å². The number of hydrogen-bond donors (Lipinski definition) is 0. The molecule has 1 aliphatic rings.